The largest absolute Gasteiger partial charge is 0.507 e. The zero-order chi connectivity index (χ0) is 24.4. The van der Waals surface area contributed by atoms with Gasteiger partial charge >= 0.3 is 5.97 Å². The lowest BCUT2D eigenvalue weighted by atomic mass is 9.95. The molecule has 1 N–H and O–H groups in total. The van der Waals surface area contributed by atoms with Crippen LogP contribution in [0.25, 0.3) is 5.76 Å². The van der Waals surface area contributed by atoms with Gasteiger partial charge in [0.05, 0.1) is 36.4 Å². The number of halogens is 1. The molecule has 0 aromatic heterocycles. The van der Waals surface area contributed by atoms with Crippen LogP contribution in [0.2, 0.25) is 5.02 Å². The van der Waals surface area contributed by atoms with Crippen molar-refractivity contribution in [1.29, 1.82) is 0 Å². The highest BCUT2D eigenvalue weighted by Crippen LogP contribution is 2.43. The number of carbonyl (C=O) groups excluding carboxylic acids is 3. The maximum absolute atomic E-state index is 13.3. The van der Waals surface area contributed by atoms with E-state index in [-0.39, 0.29) is 21.7 Å². The van der Waals surface area contributed by atoms with Gasteiger partial charge in [-0.2, -0.15) is 0 Å². The number of Topliss-reactive ketones (excluding diaryl/α,β-unsaturated/α-hetero) is 1. The molecule has 1 aliphatic rings. The van der Waals surface area contributed by atoms with Gasteiger partial charge in [0, 0.05) is 11.3 Å². The molecule has 7 nitrogen and oxygen atoms in total. The molecule has 0 radical (unpaired) electrons. The highest BCUT2D eigenvalue weighted by Gasteiger charge is 2.47. The lowest BCUT2D eigenvalue weighted by molar-refractivity contribution is -0.132. The maximum Gasteiger partial charge on any atom is 0.337 e. The molecule has 1 fully saturated rings. The monoisotopic (exact) mass is 477 g/mol. The Balaban J connectivity index is 1.95. The molecule has 0 bridgehead atoms. The van der Waals surface area contributed by atoms with Crippen LogP contribution in [0, 0.1) is 0 Å². The molecule has 4 rings (SSSR count). The predicted molar refractivity (Wildman–Crippen MR) is 127 cm³/mol. The zero-order valence-electron chi connectivity index (χ0n) is 18.3. The molecule has 0 saturated carbocycles. The number of ketones is 1. The van der Waals surface area contributed by atoms with E-state index in [1.54, 1.807) is 54.6 Å². The van der Waals surface area contributed by atoms with Crippen LogP contribution in [0.1, 0.15) is 27.5 Å². The van der Waals surface area contributed by atoms with Crippen molar-refractivity contribution < 1.29 is 29.0 Å². The van der Waals surface area contributed by atoms with Crippen molar-refractivity contribution in [3.8, 4) is 5.75 Å². The Morgan fingerprint density at radius 1 is 0.971 bits per heavy atom. The minimum atomic E-state index is -0.962. The Morgan fingerprint density at radius 3 is 2.38 bits per heavy atom. The summed E-state index contributed by atoms with van der Waals surface area (Å²) < 4.78 is 10.0. The van der Waals surface area contributed by atoms with Gasteiger partial charge in [-0.3, -0.25) is 14.5 Å². The number of carbonyl (C=O) groups is 3. The predicted octanol–water partition coefficient (Wildman–Crippen LogP) is 4.76. The zero-order valence-corrected chi connectivity index (χ0v) is 19.1. The smallest absolute Gasteiger partial charge is 0.337 e. The maximum atomic E-state index is 13.3. The third-order valence-corrected chi connectivity index (χ3v) is 5.86. The van der Waals surface area contributed by atoms with Gasteiger partial charge in [0.1, 0.15) is 11.5 Å². The average molecular weight is 478 g/mol. The molecular weight excluding hydrogens is 458 g/mol. The first-order chi connectivity index (χ1) is 16.4. The molecule has 3 aromatic carbocycles. The minimum absolute atomic E-state index is 0.130. The normalized spacial score (nSPS) is 17.0. The summed E-state index contributed by atoms with van der Waals surface area (Å²) in [5, 5.41) is 11.4. The van der Waals surface area contributed by atoms with Crippen molar-refractivity contribution in [3.63, 3.8) is 0 Å². The van der Waals surface area contributed by atoms with E-state index in [0.717, 1.165) is 0 Å². The average Bonchev–Trinajstić information content (AvgIpc) is 3.14. The van der Waals surface area contributed by atoms with E-state index in [1.807, 2.05) is 0 Å². The number of rotatable bonds is 5. The molecule has 3 aromatic rings. The number of aliphatic hydroxyl groups excluding tert-OH is 1. The van der Waals surface area contributed by atoms with Crippen LogP contribution in [0.15, 0.2) is 78.4 Å². The summed E-state index contributed by atoms with van der Waals surface area (Å²) in [6.45, 7) is 0. The minimum Gasteiger partial charge on any atom is -0.507 e. The van der Waals surface area contributed by atoms with Crippen LogP contribution in [0.5, 0.6) is 5.75 Å². The van der Waals surface area contributed by atoms with E-state index in [0.29, 0.717) is 17.0 Å². The SMILES string of the molecule is COC(=O)c1cccc(N2C(=O)C(=O)/C(=C(/O)c3cc(OC)ccc3Cl)C2c2ccccc2)c1. The van der Waals surface area contributed by atoms with Crippen molar-refractivity contribution in [2.45, 2.75) is 6.04 Å². The second kappa shape index (κ2) is 9.41. The van der Waals surface area contributed by atoms with Crippen LogP contribution in [0.4, 0.5) is 5.69 Å². The first-order valence-corrected chi connectivity index (χ1v) is 10.6. The molecule has 1 amide bonds. The van der Waals surface area contributed by atoms with Crippen LogP contribution in [-0.4, -0.2) is 37.0 Å². The standard InChI is InChI=1S/C26H20ClNO6/c1-33-18-11-12-20(27)19(14-18)23(29)21-22(15-7-4-3-5-8-15)28(25(31)24(21)30)17-10-6-9-16(13-17)26(32)34-2/h3-14,22,29H,1-2H3/b23-21+. The summed E-state index contributed by atoms with van der Waals surface area (Å²) in [5.74, 6) is -2.33. The van der Waals surface area contributed by atoms with Crippen LogP contribution in [0.3, 0.4) is 0 Å². The molecule has 8 heteroatoms. The summed E-state index contributed by atoms with van der Waals surface area (Å²) >= 11 is 6.32. The number of hydrogen-bond acceptors (Lipinski definition) is 6. The Morgan fingerprint density at radius 2 is 1.71 bits per heavy atom. The number of hydrogen-bond donors (Lipinski definition) is 1. The van der Waals surface area contributed by atoms with E-state index in [4.69, 9.17) is 21.1 Å². The third-order valence-electron chi connectivity index (χ3n) is 5.53. The molecule has 34 heavy (non-hydrogen) atoms. The van der Waals surface area contributed by atoms with Gasteiger partial charge in [0.15, 0.2) is 0 Å². The fourth-order valence-electron chi connectivity index (χ4n) is 3.91. The van der Waals surface area contributed by atoms with E-state index < -0.39 is 29.5 Å². The quantitative estimate of drug-likeness (QED) is 0.246. The van der Waals surface area contributed by atoms with Gasteiger partial charge in [0.2, 0.25) is 0 Å². The Hall–Kier alpha value is -4.10. The number of ether oxygens (including phenoxy) is 2. The molecule has 1 saturated heterocycles. The Labute approximate surface area is 200 Å². The van der Waals surface area contributed by atoms with Gasteiger partial charge < -0.3 is 14.6 Å². The van der Waals surface area contributed by atoms with Crippen molar-refractivity contribution >= 4 is 40.7 Å². The fourth-order valence-corrected chi connectivity index (χ4v) is 4.12. The van der Waals surface area contributed by atoms with Crippen LogP contribution in [-0.2, 0) is 14.3 Å². The first kappa shape index (κ1) is 23.1. The second-order valence-electron chi connectivity index (χ2n) is 7.47. The number of aliphatic hydroxyl groups is 1. The number of nitrogens with zero attached hydrogens (tertiary/aromatic N) is 1. The topological polar surface area (TPSA) is 93.1 Å². The van der Waals surface area contributed by atoms with E-state index >= 15 is 0 Å². The van der Waals surface area contributed by atoms with E-state index in [1.165, 1.54) is 37.3 Å². The van der Waals surface area contributed by atoms with Gasteiger partial charge in [-0.05, 0) is 42.0 Å². The summed E-state index contributed by atoms with van der Waals surface area (Å²) in [5.41, 5.74) is 1.13. The summed E-state index contributed by atoms with van der Waals surface area (Å²) in [4.78, 5) is 39.8. The van der Waals surface area contributed by atoms with Gasteiger partial charge in [0.25, 0.3) is 11.7 Å². The van der Waals surface area contributed by atoms with Crippen LogP contribution >= 0.6 is 11.6 Å². The number of amides is 1. The molecule has 1 heterocycles. The third kappa shape index (κ3) is 4.02. The van der Waals surface area contributed by atoms with E-state index in [9.17, 15) is 19.5 Å². The molecule has 0 spiro atoms. The summed E-state index contributed by atoms with van der Waals surface area (Å²) in [7, 11) is 2.72. The Bertz CT molecular complexity index is 1320. The van der Waals surface area contributed by atoms with Crippen molar-refractivity contribution in [2.24, 2.45) is 0 Å². The van der Waals surface area contributed by atoms with Crippen molar-refractivity contribution in [1.82, 2.24) is 0 Å². The van der Waals surface area contributed by atoms with Crippen molar-refractivity contribution in [3.05, 3.63) is 100 Å². The lowest BCUT2D eigenvalue weighted by Gasteiger charge is -2.25. The molecular formula is C26H20ClNO6. The molecule has 0 aliphatic carbocycles. The number of benzene rings is 3. The van der Waals surface area contributed by atoms with Crippen LogP contribution < -0.4 is 9.64 Å². The molecule has 172 valence electrons. The molecule has 1 unspecified atom stereocenters. The Kier molecular flexibility index (Phi) is 6.38. The lowest BCUT2D eigenvalue weighted by Crippen LogP contribution is -2.29. The fraction of sp³-hybridized carbons (Fsp3) is 0.115. The molecule has 1 atom stereocenters. The van der Waals surface area contributed by atoms with Crippen molar-refractivity contribution in [2.75, 3.05) is 19.1 Å². The second-order valence-corrected chi connectivity index (χ2v) is 7.87. The van der Waals surface area contributed by atoms with E-state index in [2.05, 4.69) is 0 Å². The first-order valence-electron chi connectivity index (χ1n) is 10.3. The number of anilines is 1. The summed E-state index contributed by atoms with van der Waals surface area (Å²) in [6.07, 6.45) is 0. The highest BCUT2D eigenvalue weighted by atomic mass is 35.5. The van der Waals surface area contributed by atoms with Gasteiger partial charge in [-0.1, -0.05) is 48.0 Å². The number of esters is 1. The number of methoxy groups -OCH3 is 2. The summed E-state index contributed by atoms with van der Waals surface area (Å²) in [6, 6.07) is 18.7. The van der Waals surface area contributed by atoms with Gasteiger partial charge in [-0.25, -0.2) is 4.79 Å². The van der Waals surface area contributed by atoms with Gasteiger partial charge in [-0.15, -0.1) is 0 Å². The highest BCUT2D eigenvalue weighted by molar-refractivity contribution is 6.52. The molecule has 1 aliphatic heterocycles.